The van der Waals surface area contributed by atoms with Gasteiger partial charge in [-0.15, -0.1) is 0 Å². The number of aryl methyl sites for hydroxylation is 2. The van der Waals surface area contributed by atoms with Crippen molar-refractivity contribution in [3.05, 3.63) is 77.2 Å². The molecule has 3 N–H and O–H groups in total. The molecule has 0 unspecified atom stereocenters. The number of anilines is 1. The Labute approximate surface area is 239 Å². The van der Waals surface area contributed by atoms with Crippen LogP contribution >= 0.6 is 0 Å². The van der Waals surface area contributed by atoms with E-state index < -0.39 is 18.1 Å². The van der Waals surface area contributed by atoms with Crippen LogP contribution < -0.4 is 5.32 Å². The molecule has 0 aliphatic rings. The lowest BCUT2D eigenvalue weighted by atomic mass is 9.99. The van der Waals surface area contributed by atoms with E-state index in [-0.39, 0.29) is 11.6 Å². The van der Waals surface area contributed by atoms with Crippen molar-refractivity contribution >= 4 is 34.8 Å². The molecule has 10 nitrogen and oxygen atoms in total. The van der Waals surface area contributed by atoms with Gasteiger partial charge in [0.2, 0.25) is 0 Å². The van der Waals surface area contributed by atoms with Crippen molar-refractivity contribution in [1.82, 2.24) is 19.4 Å². The van der Waals surface area contributed by atoms with Gasteiger partial charge >= 0.3 is 24.1 Å². The number of carbonyl (C=O) groups is 3. The first-order valence-corrected chi connectivity index (χ1v) is 12.8. The Morgan fingerprint density at radius 2 is 1.62 bits per heavy atom. The smallest absolute Gasteiger partial charge is 0.478 e. The number of imidazole rings is 1. The maximum absolute atomic E-state index is 12.1. The second-order valence-corrected chi connectivity index (χ2v) is 9.50. The van der Waals surface area contributed by atoms with E-state index in [1.807, 2.05) is 49.4 Å². The number of alkyl halides is 3. The lowest BCUT2D eigenvalue weighted by Crippen LogP contribution is -2.27. The van der Waals surface area contributed by atoms with Crippen LogP contribution in [0.4, 0.5) is 23.7 Å². The van der Waals surface area contributed by atoms with Crippen molar-refractivity contribution in [2.24, 2.45) is 0 Å². The molecule has 0 bridgehead atoms. The van der Waals surface area contributed by atoms with Crippen molar-refractivity contribution in [1.29, 1.82) is 0 Å². The quantitative estimate of drug-likeness (QED) is 0.248. The number of urea groups is 1. The topological polar surface area (TPSA) is 138 Å². The standard InChI is InChI=1S/C27H29N5O3.C2HF3O2/c1-5-8-24-29-23-15-22(30-27(35)31(3)4)17(2)28-25(23)32(24)16-18-11-13-19(14-12-18)20-9-6-7-10-21(20)26(33)34;3-2(4,5)1(6)7/h6-7,9-15H,5,8,16H2,1-4H3,(H,30,35)(H,33,34);(H,6,7). The number of rotatable bonds is 7. The number of nitrogens with zero attached hydrogens (tertiary/aromatic N) is 4. The Morgan fingerprint density at radius 1 is 1.00 bits per heavy atom. The molecular formula is C29H30F3N5O5. The van der Waals surface area contributed by atoms with Gasteiger partial charge in [-0.3, -0.25) is 0 Å². The molecule has 2 aromatic carbocycles. The molecule has 0 atom stereocenters. The Morgan fingerprint density at radius 3 is 2.17 bits per heavy atom. The predicted octanol–water partition coefficient (Wildman–Crippen LogP) is 5.83. The van der Waals surface area contributed by atoms with Gasteiger partial charge in [0.25, 0.3) is 0 Å². The monoisotopic (exact) mass is 585 g/mol. The van der Waals surface area contributed by atoms with Crippen molar-refractivity contribution in [3.63, 3.8) is 0 Å². The first kappa shape index (κ1) is 31.6. The third-order valence-electron chi connectivity index (χ3n) is 6.12. The molecule has 0 radical (unpaired) electrons. The van der Waals surface area contributed by atoms with Crippen LogP contribution in [-0.4, -0.2) is 67.9 Å². The highest BCUT2D eigenvalue weighted by Crippen LogP contribution is 2.26. The summed E-state index contributed by atoms with van der Waals surface area (Å²) in [5.74, 6) is -2.76. The van der Waals surface area contributed by atoms with E-state index in [9.17, 15) is 27.9 Å². The number of carboxylic acids is 2. The summed E-state index contributed by atoms with van der Waals surface area (Å²) in [7, 11) is 3.38. The van der Waals surface area contributed by atoms with Crippen LogP contribution in [0, 0.1) is 6.92 Å². The Hall–Kier alpha value is -4.94. The van der Waals surface area contributed by atoms with Crippen molar-refractivity contribution < 1.29 is 37.8 Å². The zero-order chi connectivity index (χ0) is 31.2. The third-order valence-corrected chi connectivity index (χ3v) is 6.12. The molecule has 2 heterocycles. The summed E-state index contributed by atoms with van der Waals surface area (Å²) in [6.45, 7) is 4.57. The zero-order valence-corrected chi connectivity index (χ0v) is 23.4. The van der Waals surface area contributed by atoms with E-state index >= 15 is 0 Å². The fourth-order valence-electron chi connectivity index (χ4n) is 4.01. The molecule has 4 aromatic rings. The fourth-order valence-corrected chi connectivity index (χ4v) is 4.01. The number of hydrogen-bond acceptors (Lipinski definition) is 5. The lowest BCUT2D eigenvalue weighted by Gasteiger charge is -2.14. The molecule has 0 saturated heterocycles. The van der Waals surface area contributed by atoms with Gasteiger partial charge in [-0.2, -0.15) is 13.2 Å². The number of halogens is 3. The predicted molar refractivity (Wildman–Crippen MR) is 151 cm³/mol. The number of carbonyl (C=O) groups excluding carboxylic acids is 1. The summed E-state index contributed by atoms with van der Waals surface area (Å²) in [6.07, 6.45) is -3.34. The summed E-state index contributed by atoms with van der Waals surface area (Å²) < 4.78 is 33.9. The first-order chi connectivity index (χ1) is 19.7. The van der Waals surface area contributed by atoms with Gasteiger partial charge in [-0.05, 0) is 42.2 Å². The molecular weight excluding hydrogens is 555 g/mol. The summed E-state index contributed by atoms with van der Waals surface area (Å²) in [4.78, 5) is 43.7. The molecule has 42 heavy (non-hydrogen) atoms. The van der Waals surface area contributed by atoms with Crippen LogP contribution in [0.3, 0.4) is 0 Å². The molecule has 13 heteroatoms. The first-order valence-electron chi connectivity index (χ1n) is 12.8. The summed E-state index contributed by atoms with van der Waals surface area (Å²) >= 11 is 0. The SMILES string of the molecule is CCCc1nc2cc(NC(=O)N(C)C)c(C)nc2n1Cc1ccc(-c2ccccc2C(=O)O)cc1.O=C(O)C(F)(F)F. The van der Waals surface area contributed by atoms with Crippen LogP contribution in [0.15, 0.2) is 54.6 Å². The molecule has 0 aliphatic carbocycles. The van der Waals surface area contributed by atoms with Gasteiger partial charge in [0, 0.05) is 20.5 Å². The minimum absolute atomic E-state index is 0.216. The van der Waals surface area contributed by atoms with Crippen LogP contribution in [0.2, 0.25) is 0 Å². The van der Waals surface area contributed by atoms with E-state index in [2.05, 4.69) is 16.8 Å². The largest absolute Gasteiger partial charge is 0.490 e. The Kier molecular flexibility index (Phi) is 9.89. The maximum atomic E-state index is 12.1. The Bertz CT molecular complexity index is 1600. The van der Waals surface area contributed by atoms with E-state index in [0.29, 0.717) is 17.8 Å². The number of carboxylic acid groups (broad SMARTS) is 2. The fraction of sp³-hybridized carbons (Fsp3) is 0.276. The number of aliphatic carboxylic acids is 1. The molecule has 0 fully saturated rings. The lowest BCUT2D eigenvalue weighted by molar-refractivity contribution is -0.192. The summed E-state index contributed by atoms with van der Waals surface area (Å²) in [5, 5.41) is 19.5. The second kappa shape index (κ2) is 13.1. The third kappa shape index (κ3) is 7.62. The van der Waals surface area contributed by atoms with Crippen LogP contribution in [0.5, 0.6) is 0 Å². The number of nitrogens with one attached hydrogen (secondary N) is 1. The van der Waals surface area contributed by atoms with Gasteiger partial charge in [0.15, 0.2) is 5.65 Å². The molecule has 2 amide bonds. The van der Waals surface area contributed by atoms with E-state index in [0.717, 1.165) is 46.7 Å². The average molecular weight is 586 g/mol. The van der Waals surface area contributed by atoms with Crippen LogP contribution in [-0.2, 0) is 17.8 Å². The van der Waals surface area contributed by atoms with Gasteiger partial charge < -0.3 is 25.0 Å². The van der Waals surface area contributed by atoms with Gasteiger partial charge in [0.1, 0.15) is 11.3 Å². The van der Waals surface area contributed by atoms with E-state index in [1.54, 1.807) is 26.2 Å². The van der Waals surface area contributed by atoms with Crippen molar-refractivity contribution in [2.45, 2.75) is 39.4 Å². The minimum Gasteiger partial charge on any atom is -0.478 e. The van der Waals surface area contributed by atoms with Crippen molar-refractivity contribution in [2.75, 3.05) is 19.4 Å². The number of aromatic nitrogens is 3. The second-order valence-electron chi connectivity index (χ2n) is 9.50. The van der Waals surface area contributed by atoms with Crippen LogP contribution in [0.1, 0.15) is 40.8 Å². The molecule has 0 aliphatic heterocycles. The van der Waals surface area contributed by atoms with Gasteiger partial charge in [-0.25, -0.2) is 24.4 Å². The number of hydrogen-bond donors (Lipinski definition) is 3. The Balaban J connectivity index is 0.000000616. The summed E-state index contributed by atoms with van der Waals surface area (Å²) in [5.41, 5.74) is 5.75. The van der Waals surface area contributed by atoms with E-state index in [1.165, 1.54) is 4.90 Å². The highest BCUT2D eigenvalue weighted by atomic mass is 19.4. The molecule has 0 saturated carbocycles. The van der Waals surface area contributed by atoms with Gasteiger partial charge in [0.05, 0.1) is 23.5 Å². The maximum Gasteiger partial charge on any atom is 0.490 e. The van der Waals surface area contributed by atoms with Crippen LogP contribution in [0.25, 0.3) is 22.3 Å². The number of pyridine rings is 1. The molecule has 4 rings (SSSR count). The highest BCUT2D eigenvalue weighted by Gasteiger charge is 2.38. The number of benzene rings is 2. The van der Waals surface area contributed by atoms with Crippen molar-refractivity contribution in [3.8, 4) is 11.1 Å². The average Bonchev–Trinajstić information content (AvgIpc) is 3.24. The molecule has 2 aromatic heterocycles. The molecule has 222 valence electrons. The number of aromatic carboxylic acids is 1. The normalized spacial score (nSPS) is 11.0. The number of amides is 2. The number of fused-ring (bicyclic) bond motifs is 1. The zero-order valence-electron chi connectivity index (χ0n) is 23.4. The molecule has 0 spiro atoms. The highest BCUT2D eigenvalue weighted by molar-refractivity contribution is 5.96. The van der Waals surface area contributed by atoms with Gasteiger partial charge in [-0.1, -0.05) is 49.4 Å². The minimum atomic E-state index is -5.08. The summed E-state index contributed by atoms with van der Waals surface area (Å²) in [6, 6.07) is 16.6. The van der Waals surface area contributed by atoms with E-state index in [4.69, 9.17) is 19.9 Å².